The Bertz CT molecular complexity index is 634. The van der Waals surface area contributed by atoms with Gasteiger partial charge in [-0.05, 0) is 24.3 Å². The van der Waals surface area contributed by atoms with Gasteiger partial charge in [0.15, 0.2) is 0 Å². The molecule has 0 saturated heterocycles. The zero-order valence-corrected chi connectivity index (χ0v) is 11.8. The molecule has 0 saturated carbocycles. The quantitative estimate of drug-likeness (QED) is 0.833. The van der Waals surface area contributed by atoms with Gasteiger partial charge in [0.2, 0.25) is 0 Å². The highest BCUT2D eigenvalue weighted by Crippen LogP contribution is 2.28. The number of aromatic nitrogens is 2. The molecule has 0 aliphatic heterocycles. The van der Waals surface area contributed by atoms with Crippen molar-refractivity contribution in [2.75, 3.05) is 18.4 Å². The maximum Gasteiger partial charge on any atom is 0.417 e. The van der Waals surface area contributed by atoms with Crippen LogP contribution in [0.2, 0.25) is 0 Å². The number of rotatable bonds is 5. The van der Waals surface area contributed by atoms with E-state index in [4.69, 9.17) is 0 Å². The molecule has 0 spiro atoms. The van der Waals surface area contributed by atoms with Gasteiger partial charge in [0.05, 0.1) is 5.56 Å². The zero-order chi connectivity index (χ0) is 16.2. The molecule has 0 bridgehead atoms. The first kappa shape index (κ1) is 15.9. The number of nitrogens with one attached hydrogen (secondary N) is 2. The second-order valence-corrected chi connectivity index (χ2v) is 4.62. The van der Waals surface area contributed by atoms with E-state index in [0.717, 1.165) is 12.3 Å². The number of hydrogen-bond donors (Lipinski definition) is 2. The second kappa shape index (κ2) is 6.50. The number of alkyl halides is 3. The predicted molar refractivity (Wildman–Crippen MR) is 75.5 cm³/mol. The van der Waals surface area contributed by atoms with Crippen LogP contribution < -0.4 is 10.6 Å². The van der Waals surface area contributed by atoms with E-state index >= 15 is 0 Å². The highest BCUT2D eigenvalue weighted by atomic mass is 19.4. The molecule has 0 fully saturated rings. The fourth-order valence-electron chi connectivity index (χ4n) is 1.82. The van der Waals surface area contributed by atoms with Crippen LogP contribution in [0.5, 0.6) is 0 Å². The van der Waals surface area contributed by atoms with Crippen LogP contribution in [0.1, 0.15) is 16.1 Å². The number of pyridine rings is 1. The lowest BCUT2D eigenvalue weighted by molar-refractivity contribution is -0.137. The van der Waals surface area contributed by atoms with Crippen molar-refractivity contribution in [2.24, 2.45) is 7.05 Å². The SMILES string of the molecule is Cn1cccc1C(=O)NCCNc1ccc(C(F)(F)F)cn1. The third-order valence-electron chi connectivity index (χ3n) is 2.98. The van der Waals surface area contributed by atoms with Gasteiger partial charge in [0, 0.05) is 32.5 Å². The first-order valence-electron chi connectivity index (χ1n) is 6.54. The number of hydrogen-bond acceptors (Lipinski definition) is 3. The van der Waals surface area contributed by atoms with Crippen molar-refractivity contribution in [3.8, 4) is 0 Å². The summed E-state index contributed by atoms with van der Waals surface area (Å²) < 4.78 is 38.8. The van der Waals surface area contributed by atoms with Crippen LogP contribution in [0, 0.1) is 0 Å². The minimum Gasteiger partial charge on any atom is -0.368 e. The Morgan fingerprint density at radius 3 is 2.59 bits per heavy atom. The van der Waals surface area contributed by atoms with Gasteiger partial charge in [-0.1, -0.05) is 0 Å². The minimum atomic E-state index is -4.39. The van der Waals surface area contributed by atoms with Gasteiger partial charge >= 0.3 is 6.18 Å². The Labute approximate surface area is 125 Å². The van der Waals surface area contributed by atoms with Gasteiger partial charge in [-0.3, -0.25) is 4.79 Å². The standard InChI is InChI=1S/C14H15F3N4O/c1-21-8-2-3-11(21)13(22)19-7-6-18-12-5-4-10(9-20-12)14(15,16)17/h2-5,8-9H,6-7H2,1H3,(H,18,20)(H,19,22). The van der Waals surface area contributed by atoms with E-state index < -0.39 is 11.7 Å². The third kappa shape index (κ3) is 4.00. The molecule has 2 rings (SSSR count). The number of carbonyl (C=O) groups is 1. The highest BCUT2D eigenvalue weighted by molar-refractivity contribution is 5.92. The van der Waals surface area contributed by atoms with Crippen LogP contribution in [-0.2, 0) is 13.2 Å². The molecular weight excluding hydrogens is 297 g/mol. The number of aryl methyl sites for hydroxylation is 1. The molecule has 0 unspecified atom stereocenters. The van der Waals surface area contributed by atoms with E-state index in [1.807, 2.05) is 0 Å². The Morgan fingerprint density at radius 1 is 1.27 bits per heavy atom. The number of nitrogens with zero attached hydrogens (tertiary/aromatic N) is 2. The molecule has 2 heterocycles. The predicted octanol–water partition coefficient (Wildman–Crippen LogP) is 2.28. The molecule has 0 aliphatic rings. The van der Waals surface area contributed by atoms with Crippen molar-refractivity contribution in [1.82, 2.24) is 14.9 Å². The topological polar surface area (TPSA) is 59.0 Å². The summed E-state index contributed by atoms with van der Waals surface area (Å²) in [6.07, 6.45) is -1.86. The average molecular weight is 312 g/mol. The lowest BCUT2D eigenvalue weighted by Gasteiger charge is -2.09. The molecule has 118 valence electrons. The van der Waals surface area contributed by atoms with Crippen molar-refractivity contribution in [2.45, 2.75) is 6.18 Å². The van der Waals surface area contributed by atoms with Crippen LogP contribution >= 0.6 is 0 Å². The summed E-state index contributed by atoms with van der Waals surface area (Å²) in [5.41, 5.74) is -0.261. The Kier molecular flexibility index (Phi) is 4.69. The van der Waals surface area contributed by atoms with Gasteiger partial charge in [-0.2, -0.15) is 13.2 Å². The summed E-state index contributed by atoms with van der Waals surface area (Å²) in [7, 11) is 1.76. The summed E-state index contributed by atoms with van der Waals surface area (Å²) in [5.74, 6) is 0.107. The molecule has 0 radical (unpaired) electrons. The largest absolute Gasteiger partial charge is 0.417 e. The molecular formula is C14H15F3N4O. The van der Waals surface area contributed by atoms with Crippen molar-refractivity contribution < 1.29 is 18.0 Å². The maximum atomic E-state index is 12.4. The molecule has 2 N–H and O–H groups in total. The lowest BCUT2D eigenvalue weighted by atomic mass is 10.3. The molecule has 8 heteroatoms. The van der Waals surface area contributed by atoms with E-state index in [1.165, 1.54) is 6.07 Å². The van der Waals surface area contributed by atoms with E-state index in [1.54, 1.807) is 29.9 Å². The lowest BCUT2D eigenvalue weighted by Crippen LogP contribution is -2.30. The van der Waals surface area contributed by atoms with Gasteiger partial charge < -0.3 is 15.2 Å². The highest BCUT2D eigenvalue weighted by Gasteiger charge is 2.30. The molecule has 5 nitrogen and oxygen atoms in total. The van der Waals surface area contributed by atoms with E-state index in [2.05, 4.69) is 15.6 Å². The van der Waals surface area contributed by atoms with Crippen LogP contribution in [0.3, 0.4) is 0 Å². The van der Waals surface area contributed by atoms with Crippen LogP contribution in [0.15, 0.2) is 36.7 Å². The number of amides is 1. The normalized spacial score (nSPS) is 11.3. The average Bonchev–Trinajstić information content (AvgIpc) is 2.89. The van der Waals surface area contributed by atoms with E-state index in [9.17, 15) is 18.0 Å². The summed E-state index contributed by atoms with van der Waals surface area (Å²) >= 11 is 0. The van der Waals surface area contributed by atoms with E-state index in [0.29, 0.717) is 24.6 Å². The van der Waals surface area contributed by atoms with Crippen LogP contribution in [0.25, 0.3) is 0 Å². The second-order valence-electron chi connectivity index (χ2n) is 4.62. The number of anilines is 1. The fourth-order valence-corrected chi connectivity index (χ4v) is 1.82. The summed E-state index contributed by atoms with van der Waals surface area (Å²) in [4.78, 5) is 15.5. The van der Waals surface area contributed by atoms with Crippen LogP contribution in [0.4, 0.5) is 19.0 Å². The zero-order valence-electron chi connectivity index (χ0n) is 11.8. The molecule has 22 heavy (non-hydrogen) atoms. The molecule has 0 aromatic carbocycles. The van der Waals surface area contributed by atoms with Crippen molar-refractivity contribution in [3.05, 3.63) is 47.9 Å². The van der Waals surface area contributed by atoms with Gasteiger partial charge in [0.25, 0.3) is 5.91 Å². The van der Waals surface area contributed by atoms with Gasteiger partial charge in [-0.25, -0.2) is 4.98 Å². The van der Waals surface area contributed by atoms with Gasteiger partial charge in [-0.15, -0.1) is 0 Å². The van der Waals surface area contributed by atoms with Crippen LogP contribution in [-0.4, -0.2) is 28.5 Å². The van der Waals surface area contributed by atoms with E-state index in [-0.39, 0.29) is 5.91 Å². The molecule has 2 aromatic rings. The van der Waals surface area contributed by atoms with Crippen molar-refractivity contribution in [1.29, 1.82) is 0 Å². The Balaban J connectivity index is 1.77. The number of halogens is 3. The monoisotopic (exact) mass is 312 g/mol. The molecule has 0 aliphatic carbocycles. The Hall–Kier alpha value is -2.51. The fraction of sp³-hybridized carbons (Fsp3) is 0.286. The van der Waals surface area contributed by atoms with Crippen molar-refractivity contribution in [3.63, 3.8) is 0 Å². The molecule has 2 aromatic heterocycles. The molecule has 1 amide bonds. The minimum absolute atomic E-state index is 0.213. The maximum absolute atomic E-state index is 12.4. The summed E-state index contributed by atoms with van der Waals surface area (Å²) in [5, 5.41) is 5.54. The first-order chi connectivity index (χ1) is 10.4. The summed E-state index contributed by atoms with van der Waals surface area (Å²) in [6, 6.07) is 5.67. The summed E-state index contributed by atoms with van der Waals surface area (Å²) in [6.45, 7) is 0.682. The Morgan fingerprint density at radius 2 is 2.05 bits per heavy atom. The third-order valence-corrected chi connectivity index (χ3v) is 2.98. The van der Waals surface area contributed by atoms with Gasteiger partial charge in [0.1, 0.15) is 11.5 Å². The number of carbonyl (C=O) groups excluding carboxylic acids is 1. The van der Waals surface area contributed by atoms with Crippen molar-refractivity contribution >= 4 is 11.7 Å². The smallest absolute Gasteiger partial charge is 0.368 e. The molecule has 0 atom stereocenters. The first-order valence-corrected chi connectivity index (χ1v) is 6.54.